The maximum atomic E-state index is 11.6. The van der Waals surface area contributed by atoms with Gasteiger partial charge in [-0.05, 0) is 57.6 Å². The summed E-state index contributed by atoms with van der Waals surface area (Å²) >= 11 is 0. The summed E-state index contributed by atoms with van der Waals surface area (Å²) in [4.78, 5) is 11.6. The normalized spacial score (nSPS) is 13.0. The maximum absolute atomic E-state index is 11.6. The maximum Gasteiger partial charge on any atom is 0.322 e. The molecule has 0 aliphatic carbocycles. The molecule has 2 unspecified atom stereocenters. The van der Waals surface area contributed by atoms with Crippen LogP contribution < -0.4 is 19.9 Å². The fourth-order valence-corrected chi connectivity index (χ4v) is 3.09. The van der Waals surface area contributed by atoms with Crippen LogP contribution in [0.5, 0.6) is 17.2 Å². The lowest BCUT2D eigenvalue weighted by Crippen LogP contribution is -2.33. The number of esters is 1. The molecule has 0 aromatic heterocycles. The number of hydrogen-bond acceptors (Lipinski definition) is 6. The van der Waals surface area contributed by atoms with E-state index in [9.17, 15) is 4.79 Å². The molecule has 0 radical (unpaired) electrons. The van der Waals surface area contributed by atoms with Crippen molar-refractivity contribution in [1.82, 2.24) is 0 Å². The third-order valence-corrected chi connectivity index (χ3v) is 4.53. The number of hydrogen-bond donors (Lipinski definition) is 1. The molecular weight excluding hydrogens is 346 g/mol. The molecule has 6 nitrogen and oxygen atoms in total. The zero-order valence-electron chi connectivity index (χ0n) is 17.4. The van der Waals surface area contributed by atoms with Crippen LogP contribution >= 0.6 is 0 Å². The van der Waals surface area contributed by atoms with Crippen molar-refractivity contribution in [2.75, 3.05) is 26.9 Å². The highest BCUT2D eigenvalue weighted by Gasteiger charge is 2.21. The number of nitrogens with two attached hydrogens (primary N) is 1. The van der Waals surface area contributed by atoms with Crippen LogP contribution in [0.4, 0.5) is 0 Å². The molecule has 0 heterocycles. The lowest BCUT2D eigenvalue weighted by Gasteiger charge is -2.21. The number of ether oxygens (including phenoxy) is 4. The van der Waals surface area contributed by atoms with Gasteiger partial charge in [0, 0.05) is 0 Å². The van der Waals surface area contributed by atoms with Gasteiger partial charge in [0.25, 0.3) is 0 Å². The molecule has 2 N–H and O–H groups in total. The average Bonchev–Trinajstić information content (AvgIpc) is 2.67. The molecule has 0 aliphatic rings. The molecule has 1 rings (SSSR count). The van der Waals surface area contributed by atoms with Crippen molar-refractivity contribution in [3.63, 3.8) is 0 Å². The number of rotatable bonds is 13. The van der Waals surface area contributed by atoms with Gasteiger partial charge in [0.05, 0.1) is 26.9 Å². The van der Waals surface area contributed by atoms with Crippen molar-refractivity contribution in [3.05, 3.63) is 17.7 Å². The lowest BCUT2D eigenvalue weighted by atomic mass is 9.91. The van der Waals surface area contributed by atoms with Crippen molar-refractivity contribution >= 4 is 5.97 Å². The average molecular weight is 382 g/mol. The quantitative estimate of drug-likeness (QED) is 0.525. The first kappa shape index (κ1) is 23.1. The summed E-state index contributed by atoms with van der Waals surface area (Å²) in [6, 6.07) is 3.39. The van der Waals surface area contributed by atoms with Crippen LogP contribution in [0.2, 0.25) is 0 Å². The van der Waals surface area contributed by atoms with Crippen molar-refractivity contribution in [2.45, 2.75) is 59.4 Å². The minimum Gasteiger partial charge on any atom is -0.490 e. The zero-order valence-corrected chi connectivity index (χ0v) is 17.4. The number of aryl methyl sites for hydroxylation is 1. The highest BCUT2D eigenvalue weighted by atomic mass is 16.5. The highest BCUT2D eigenvalue weighted by Crippen LogP contribution is 2.41. The van der Waals surface area contributed by atoms with E-state index in [0.717, 1.165) is 30.6 Å². The molecule has 27 heavy (non-hydrogen) atoms. The Bertz CT molecular complexity index is 576. The topological polar surface area (TPSA) is 80.0 Å². The van der Waals surface area contributed by atoms with Crippen LogP contribution in [0, 0.1) is 5.92 Å². The van der Waals surface area contributed by atoms with Crippen LogP contribution in [0.25, 0.3) is 0 Å². The van der Waals surface area contributed by atoms with Crippen molar-refractivity contribution in [3.8, 4) is 17.2 Å². The first-order valence-electron chi connectivity index (χ1n) is 9.89. The predicted molar refractivity (Wildman–Crippen MR) is 107 cm³/mol. The van der Waals surface area contributed by atoms with Gasteiger partial charge in [0.1, 0.15) is 6.04 Å². The first-order valence-corrected chi connectivity index (χ1v) is 9.89. The summed E-state index contributed by atoms with van der Waals surface area (Å²) in [5.74, 6) is 2.08. The highest BCUT2D eigenvalue weighted by molar-refractivity contribution is 5.75. The van der Waals surface area contributed by atoms with Gasteiger partial charge >= 0.3 is 5.97 Å². The van der Waals surface area contributed by atoms with E-state index in [1.165, 1.54) is 7.11 Å². The standard InChI is InChI=1S/C21H35NO5/c1-6-15(14-17(22)21(23)24-5)10-11-16-12-13-18(25-7-2)20(27-9-4)19(16)26-8-3/h12-13,15,17H,6-11,14,22H2,1-5H3. The molecule has 0 aliphatic heterocycles. The molecule has 0 fully saturated rings. The second-order valence-electron chi connectivity index (χ2n) is 6.36. The van der Waals surface area contributed by atoms with Crippen LogP contribution in [0.1, 0.15) is 52.5 Å². The molecular formula is C21H35NO5. The molecule has 2 atom stereocenters. The summed E-state index contributed by atoms with van der Waals surface area (Å²) in [6.07, 6.45) is 3.28. The van der Waals surface area contributed by atoms with Gasteiger partial charge < -0.3 is 24.7 Å². The van der Waals surface area contributed by atoms with Gasteiger partial charge in [-0.15, -0.1) is 0 Å². The molecule has 0 saturated heterocycles. The van der Waals surface area contributed by atoms with E-state index in [1.54, 1.807) is 0 Å². The van der Waals surface area contributed by atoms with Gasteiger partial charge in [-0.1, -0.05) is 19.4 Å². The molecule has 0 saturated carbocycles. The second-order valence-corrected chi connectivity index (χ2v) is 6.36. The Hall–Kier alpha value is -1.95. The van der Waals surface area contributed by atoms with E-state index in [0.29, 0.717) is 43.7 Å². The fourth-order valence-electron chi connectivity index (χ4n) is 3.09. The summed E-state index contributed by atoms with van der Waals surface area (Å²) in [5.41, 5.74) is 7.01. The lowest BCUT2D eigenvalue weighted by molar-refractivity contribution is -0.142. The van der Waals surface area contributed by atoms with E-state index in [-0.39, 0.29) is 5.97 Å². The Labute approximate surface area is 163 Å². The Morgan fingerprint density at radius 3 is 2.19 bits per heavy atom. The van der Waals surface area contributed by atoms with Gasteiger partial charge in [0.15, 0.2) is 11.5 Å². The van der Waals surface area contributed by atoms with Crippen LogP contribution in [-0.2, 0) is 16.0 Å². The third-order valence-electron chi connectivity index (χ3n) is 4.53. The molecule has 1 aromatic carbocycles. The molecule has 154 valence electrons. The van der Waals surface area contributed by atoms with Crippen molar-refractivity contribution in [1.29, 1.82) is 0 Å². The SMILES string of the molecule is CCOc1ccc(CCC(CC)CC(N)C(=O)OC)c(OCC)c1OCC. The smallest absolute Gasteiger partial charge is 0.322 e. The minimum absolute atomic E-state index is 0.329. The third kappa shape index (κ3) is 6.94. The number of methoxy groups -OCH3 is 1. The summed E-state index contributed by atoms with van der Waals surface area (Å²) in [6.45, 7) is 9.61. The van der Waals surface area contributed by atoms with Gasteiger partial charge in [-0.2, -0.15) is 0 Å². The van der Waals surface area contributed by atoms with E-state index in [2.05, 4.69) is 6.92 Å². The van der Waals surface area contributed by atoms with Gasteiger partial charge in [-0.3, -0.25) is 4.79 Å². The van der Waals surface area contributed by atoms with E-state index < -0.39 is 6.04 Å². The Morgan fingerprint density at radius 1 is 1.00 bits per heavy atom. The Kier molecular flexibility index (Phi) is 10.6. The molecule has 0 spiro atoms. The van der Waals surface area contributed by atoms with Gasteiger partial charge in [0.2, 0.25) is 5.75 Å². The van der Waals surface area contributed by atoms with E-state index in [1.807, 2.05) is 32.9 Å². The van der Waals surface area contributed by atoms with E-state index in [4.69, 9.17) is 24.7 Å². The summed E-state index contributed by atoms with van der Waals surface area (Å²) in [7, 11) is 1.37. The first-order chi connectivity index (χ1) is 13.0. The van der Waals surface area contributed by atoms with Crippen molar-refractivity contribution in [2.24, 2.45) is 11.7 Å². The Morgan fingerprint density at radius 2 is 1.63 bits per heavy atom. The number of carbonyl (C=O) groups excluding carboxylic acids is 1. The monoisotopic (exact) mass is 381 g/mol. The summed E-state index contributed by atoms with van der Waals surface area (Å²) < 4.78 is 22.2. The molecule has 0 amide bonds. The number of benzene rings is 1. The van der Waals surface area contributed by atoms with E-state index >= 15 is 0 Å². The molecule has 1 aromatic rings. The van der Waals surface area contributed by atoms with Crippen LogP contribution in [0.15, 0.2) is 12.1 Å². The van der Waals surface area contributed by atoms with Crippen molar-refractivity contribution < 1.29 is 23.7 Å². The number of carbonyl (C=O) groups is 1. The predicted octanol–water partition coefficient (Wildman–Crippen LogP) is 3.73. The van der Waals surface area contributed by atoms with Crippen LogP contribution in [-0.4, -0.2) is 38.9 Å². The largest absolute Gasteiger partial charge is 0.490 e. The fraction of sp³-hybridized carbons (Fsp3) is 0.667. The molecule has 0 bridgehead atoms. The molecule has 6 heteroatoms. The minimum atomic E-state index is -0.578. The van der Waals surface area contributed by atoms with Gasteiger partial charge in [-0.25, -0.2) is 0 Å². The summed E-state index contributed by atoms with van der Waals surface area (Å²) in [5, 5.41) is 0. The Balaban J connectivity index is 2.97. The zero-order chi connectivity index (χ0) is 20.2. The van der Waals surface area contributed by atoms with Crippen LogP contribution in [0.3, 0.4) is 0 Å². The second kappa shape index (κ2) is 12.4.